The molecule has 0 fully saturated rings. The maximum Gasteiger partial charge on any atom is 0.162 e. The fraction of sp³-hybridized carbons (Fsp3) is 0.300. The maximum atomic E-state index is 5.15. The average Bonchev–Trinajstić information content (AvgIpc) is 3.31. The number of hydrogen-bond acceptors (Lipinski definition) is 5. The Kier molecular flexibility index (Phi) is 4.68. The minimum Gasteiger partial charge on any atom is -0.383 e. The molecule has 0 saturated heterocycles. The molecule has 0 aromatic carbocycles. The Hall–Kier alpha value is -3.06. The van der Waals surface area contributed by atoms with Crippen molar-refractivity contribution in [2.24, 2.45) is 0 Å². The summed E-state index contributed by atoms with van der Waals surface area (Å²) in [6, 6.07) is 5.97. The van der Waals surface area contributed by atoms with Gasteiger partial charge >= 0.3 is 0 Å². The molecule has 0 bridgehead atoms. The van der Waals surface area contributed by atoms with Crippen molar-refractivity contribution in [2.75, 3.05) is 13.7 Å². The standard InChI is InChI=1S/C20H22N6O/c1-14(2)18-19(16-12-23-25(13-16)10-11-27-3)26-20(24-18)17(6-9-22-26)15-4-7-21-8-5-15/h4-9,12-14H,10-11H2,1-3H3. The van der Waals surface area contributed by atoms with Gasteiger partial charge < -0.3 is 4.74 Å². The van der Waals surface area contributed by atoms with Crippen molar-refractivity contribution in [1.29, 1.82) is 0 Å². The smallest absolute Gasteiger partial charge is 0.162 e. The van der Waals surface area contributed by atoms with Crippen LogP contribution in [-0.4, -0.2) is 43.1 Å². The normalized spacial score (nSPS) is 11.6. The lowest BCUT2D eigenvalue weighted by Gasteiger charge is -2.05. The predicted octanol–water partition coefficient (Wildman–Crippen LogP) is 3.42. The van der Waals surface area contributed by atoms with E-state index in [0.717, 1.165) is 33.7 Å². The van der Waals surface area contributed by atoms with Gasteiger partial charge in [0, 0.05) is 43.0 Å². The van der Waals surface area contributed by atoms with E-state index in [4.69, 9.17) is 9.72 Å². The molecule has 0 aliphatic heterocycles. The quantitative estimate of drug-likeness (QED) is 0.526. The van der Waals surface area contributed by atoms with Crippen LogP contribution in [0.15, 0.2) is 49.2 Å². The van der Waals surface area contributed by atoms with E-state index in [2.05, 4.69) is 29.0 Å². The summed E-state index contributed by atoms with van der Waals surface area (Å²) in [6.45, 7) is 5.62. The number of aromatic nitrogens is 6. The molecule has 7 heteroatoms. The summed E-state index contributed by atoms with van der Waals surface area (Å²) < 4.78 is 8.95. The highest BCUT2D eigenvalue weighted by atomic mass is 16.5. The Morgan fingerprint density at radius 3 is 2.59 bits per heavy atom. The first-order valence-corrected chi connectivity index (χ1v) is 8.99. The van der Waals surface area contributed by atoms with Crippen LogP contribution in [0.2, 0.25) is 0 Å². The highest BCUT2D eigenvalue weighted by Gasteiger charge is 2.21. The van der Waals surface area contributed by atoms with Crippen LogP contribution >= 0.6 is 0 Å². The fourth-order valence-electron chi connectivity index (χ4n) is 3.19. The number of hydrogen-bond donors (Lipinski definition) is 0. The molecule has 0 radical (unpaired) electrons. The number of rotatable bonds is 6. The first-order chi connectivity index (χ1) is 13.2. The summed E-state index contributed by atoms with van der Waals surface area (Å²) in [5.41, 5.74) is 5.94. The number of methoxy groups -OCH3 is 1. The second-order valence-corrected chi connectivity index (χ2v) is 6.70. The van der Waals surface area contributed by atoms with Gasteiger partial charge in [-0.1, -0.05) is 13.8 Å². The molecule has 7 nitrogen and oxygen atoms in total. The summed E-state index contributed by atoms with van der Waals surface area (Å²) in [4.78, 5) is 9.07. The molecule has 4 heterocycles. The van der Waals surface area contributed by atoms with Crippen molar-refractivity contribution in [3.05, 3.63) is 54.9 Å². The van der Waals surface area contributed by atoms with Gasteiger partial charge in [-0.25, -0.2) is 9.50 Å². The molecule has 0 N–H and O–H groups in total. The molecule has 4 aromatic heterocycles. The third-order valence-corrected chi connectivity index (χ3v) is 4.52. The molecule has 0 atom stereocenters. The molecule has 0 aliphatic rings. The Balaban J connectivity index is 1.89. The zero-order valence-electron chi connectivity index (χ0n) is 15.7. The van der Waals surface area contributed by atoms with Crippen molar-refractivity contribution in [3.63, 3.8) is 0 Å². The summed E-state index contributed by atoms with van der Waals surface area (Å²) in [7, 11) is 1.69. The molecule has 0 spiro atoms. The van der Waals surface area contributed by atoms with Crippen molar-refractivity contribution < 1.29 is 4.74 Å². The van der Waals surface area contributed by atoms with E-state index < -0.39 is 0 Å². The SMILES string of the molecule is COCCn1cc(-c2c(C(C)C)nc3c(-c4ccncc4)ccnn23)cn1. The van der Waals surface area contributed by atoms with Crippen LogP contribution in [0.3, 0.4) is 0 Å². The zero-order chi connectivity index (χ0) is 18.8. The largest absolute Gasteiger partial charge is 0.383 e. The lowest BCUT2D eigenvalue weighted by atomic mass is 10.1. The highest BCUT2D eigenvalue weighted by Crippen LogP contribution is 2.32. The first kappa shape index (κ1) is 17.4. The average molecular weight is 362 g/mol. The number of pyridine rings is 1. The third-order valence-electron chi connectivity index (χ3n) is 4.52. The van der Waals surface area contributed by atoms with E-state index in [9.17, 15) is 0 Å². The number of imidazole rings is 1. The predicted molar refractivity (Wildman–Crippen MR) is 103 cm³/mol. The van der Waals surface area contributed by atoms with Crippen LogP contribution < -0.4 is 0 Å². The van der Waals surface area contributed by atoms with Crippen LogP contribution in [0, 0.1) is 0 Å². The van der Waals surface area contributed by atoms with Gasteiger partial charge in [-0.05, 0) is 29.7 Å². The highest BCUT2D eigenvalue weighted by molar-refractivity contribution is 5.80. The van der Waals surface area contributed by atoms with Crippen molar-refractivity contribution in [2.45, 2.75) is 26.3 Å². The third kappa shape index (κ3) is 3.21. The minimum absolute atomic E-state index is 0.259. The van der Waals surface area contributed by atoms with Crippen LogP contribution in [0.5, 0.6) is 0 Å². The minimum atomic E-state index is 0.259. The molecule has 0 amide bonds. The molecule has 27 heavy (non-hydrogen) atoms. The Labute approximate surface area is 157 Å². The fourth-order valence-corrected chi connectivity index (χ4v) is 3.19. The van der Waals surface area contributed by atoms with Gasteiger partial charge in [0.05, 0.1) is 30.7 Å². The zero-order valence-corrected chi connectivity index (χ0v) is 15.7. The lowest BCUT2D eigenvalue weighted by molar-refractivity contribution is 0.183. The molecular weight excluding hydrogens is 340 g/mol. The second kappa shape index (κ2) is 7.28. The van der Waals surface area contributed by atoms with Gasteiger partial charge in [0.25, 0.3) is 0 Å². The van der Waals surface area contributed by atoms with Gasteiger partial charge in [-0.2, -0.15) is 10.2 Å². The van der Waals surface area contributed by atoms with E-state index in [1.54, 1.807) is 19.5 Å². The van der Waals surface area contributed by atoms with E-state index in [0.29, 0.717) is 13.2 Å². The van der Waals surface area contributed by atoms with Crippen molar-refractivity contribution >= 4 is 5.65 Å². The molecule has 0 unspecified atom stereocenters. The van der Waals surface area contributed by atoms with Crippen LogP contribution in [0.25, 0.3) is 28.0 Å². The van der Waals surface area contributed by atoms with Crippen LogP contribution in [0.4, 0.5) is 0 Å². The van der Waals surface area contributed by atoms with Gasteiger partial charge in [0.2, 0.25) is 0 Å². The monoisotopic (exact) mass is 362 g/mol. The Morgan fingerprint density at radius 2 is 1.85 bits per heavy atom. The van der Waals surface area contributed by atoms with Crippen LogP contribution in [-0.2, 0) is 11.3 Å². The molecule has 4 rings (SSSR count). The Morgan fingerprint density at radius 1 is 1.04 bits per heavy atom. The molecular formula is C20H22N6O. The topological polar surface area (TPSA) is 70.1 Å². The molecule has 0 aliphatic carbocycles. The van der Waals surface area contributed by atoms with Gasteiger partial charge in [-0.15, -0.1) is 0 Å². The van der Waals surface area contributed by atoms with Crippen LogP contribution in [0.1, 0.15) is 25.5 Å². The molecule has 138 valence electrons. The molecule has 4 aromatic rings. The second-order valence-electron chi connectivity index (χ2n) is 6.70. The number of nitrogens with zero attached hydrogens (tertiary/aromatic N) is 6. The van der Waals surface area contributed by atoms with Crippen molar-refractivity contribution in [1.82, 2.24) is 29.4 Å². The van der Waals surface area contributed by atoms with Gasteiger partial charge in [0.15, 0.2) is 5.65 Å². The Bertz CT molecular complexity index is 1050. The van der Waals surface area contributed by atoms with Crippen molar-refractivity contribution in [3.8, 4) is 22.4 Å². The summed E-state index contributed by atoms with van der Waals surface area (Å²) in [5, 5.41) is 9.05. The lowest BCUT2D eigenvalue weighted by Crippen LogP contribution is -2.04. The molecule has 0 saturated carbocycles. The maximum absolute atomic E-state index is 5.15. The number of fused-ring (bicyclic) bond motifs is 1. The van der Waals surface area contributed by atoms with E-state index in [1.165, 1.54) is 0 Å². The van der Waals surface area contributed by atoms with E-state index >= 15 is 0 Å². The summed E-state index contributed by atoms with van der Waals surface area (Å²) in [6.07, 6.45) is 9.28. The van der Waals surface area contributed by atoms with E-state index in [-0.39, 0.29) is 5.92 Å². The van der Waals surface area contributed by atoms with E-state index in [1.807, 2.05) is 46.0 Å². The summed E-state index contributed by atoms with van der Waals surface area (Å²) in [5.74, 6) is 0.259. The first-order valence-electron chi connectivity index (χ1n) is 8.99. The summed E-state index contributed by atoms with van der Waals surface area (Å²) >= 11 is 0. The van der Waals surface area contributed by atoms with Gasteiger partial charge in [-0.3, -0.25) is 9.67 Å². The number of ether oxygens (including phenoxy) is 1. The van der Waals surface area contributed by atoms with Gasteiger partial charge in [0.1, 0.15) is 0 Å².